The van der Waals surface area contributed by atoms with Crippen molar-refractivity contribution in [2.45, 2.75) is 12.3 Å². The molecule has 1 aliphatic carbocycles. The maximum atomic E-state index is 11.4. The van der Waals surface area contributed by atoms with E-state index in [0.717, 1.165) is 23.2 Å². The van der Waals surface area contributed by atoms with Crippen LogP contribution in [0.15, 0.2) is 72.0 Å². The second-order valence-electron chi connectivity index (χ2n) is 5.42. The number of H-pyrrole nitrogens is 1. The van der Waals surface area contributed by atoms with E-state index in [4.69, 9.17) is 0 Å². The standard InChI is InChI=1S/C18H15N3O/c22-18-11-14(6-8-19-18)15-7-9-21-16(12-20-17(21)10-15)13-4-2-1-3-5-13/h1-4,6-13H,5H2,(H,19,22). The maximum Gasteiger partial charge on any atom is 0.248 e. The number of nitrogens with zero attached hydrogens (tertiary/aromatic N) is 2. The van der Waals surface area contributed by atoms with Gasteiger partial charge in [0.1, 0.15) is 5.65 Å². The lowest BCUT2D eigenvalue weighted by Crippen LogP contribution is -2.03. The molecule has 3 aromatic heterocycles. The number of nitrogens with one attached hydrogen (secondary N) is 1. The van der Waals surface area contributed by atoms with Crippen LogP contribution in [0.5, 0.6) is 0 Å². The van der Waals surface area contributed by atoms with E-state index in [-0.39, 0.29) is 5.56 Å². The molecule has 0 bridgehead atoms. The Morgan fingerprint density at radius 2 is 2.09 bits per heavy atom. The molecule has 1 aliphatic rings. The van der Waals surface area contributed by atoms with Gasteiger partial charge in [0, 0.05) is 36.3 Å². The van der Waals surface area contributed by atoms with Gasteiger partial charge in [-0.05, 0) is 35.7 Å². The van der Waals surface area contributed by atoms with Crippen LogP contribution in [-0.4, -0.2) is 14.4 Å². The third-order valence-corrected chi connectivity index (χ3v) is 4.01. The minimum absolute atomic E-state index is 0.0967. The van der Waals surface area contributed by atoms with Crippen LogP contribution >= 0.6 is 0 Å². The van der Waals surface area contributed by atoms with Crippen LogP contribution in [-0.2, 0) is 0 Å². The van der Waals surface area contributed by atoms with Crippen LogP contribution in [0.3, 0.4) is 0 Å². The van der Waals surface area contributed by atoms with Gasteiger partial charge < -0.3 is 9.38 Å². The highest BCUT2D eigenvalue weighted by atomic mass is 16.1. The molecule has 0 saturated heterocycles. The summed E-state index contributed by atoms with van der Waals surface area (Å²) in [5.74, 6) is 0.366. The first kappa shape index (κ1) is 12.8. The van der Waals surface area contributed by atoms with E-state index in [1.54, 1.807) is 12.3 Å². The number of hydrogen-bond donors (Lipinski definition) is 1. The minimum atomic E-state index is -0.0967. The fraction of sp³-hybridized carbons (Fsp3) is 0.111. The third kappa shape index (κ3) is 2.19. The average molecular weight is 289 g/mol. The summed E-state index contributed by atoms with van der Waals surface area (Å²) in [6.45, 7) is 0. The van der Waals surface area contributed by atoms with Gasteiger partial charge in [0.05, 0.1) is 0 Å². The first-order valence-corrected chi connectivity index (χ1v) is 7.31. The van der Waals surface area contributed by atoms with Crippen molar-refractivity contribution in [1.29, 1.82) is 0 Å². The number of hydrogen-bond acceptors (Lipinski definition) is 2. The lowest BCUT2D eigenvalue weighted by atomic mass is 9.98. The van der Waals surface area contributed by atoms with Crippen molar-refractivity contribution in [1.82, 2.24) is 14.4 Å². The van der Waals surface area contributed by atoms with Gasteiger partial charge in [-0.25, -0.2) is 4.98 Å². The molecule has 0 amide bonds. The number of pyridine rings is 2. The quantitative estimate of drug-likeness (QED) is 0.787. The summed E-state index contributed by atoms with van der Waals surface area (Å²) in [7, 11) is 0. The lowest BCUT2D eigenvalue weighted by Gasteiger charge is -2.12. The van der Waals surface area contributed by atoms with Gasteiger partial charge in [-0.3, -0.25) is 4.79 Å². The Labute approximate surface area is 127 Å². The van der Waals surface area contributed by atoms with E-state index < -0.39 is 0 Å². The number of imidazole rings is 1. The molecular formula is C18H15N3O. The highest BCUT2D eigenvalue weighted by Gasteiger charge is 2.14. The first-order chi connectivity index (χ1) is 10.8. The molecule has 0 aliphatic heterocycles. The van der Waals surface area contributed by atoms with Crippen molar-refractivity contribution >= 4 is 5.65 Å². The topological polar surface area (TPSA) is 50.2 Å². The summed E-state index contributed by atoms with van der Waals surface area (Å²) in [5.41, 5.74) is 3.88. The van der Waals surface area contributed by atoms with Gasteiger partial charge in [0.25, 0.3) is 0 Å². The van der Waals surface area contributed by atoms with Gasteiger partial charge in [-0.2, -0.15) is 0 Å². The molecule has 1 N–H and O–H groups in total. The summed E-state index contributed by atoms with van der Waals surface area (Å²) < 4.78 is 2.12. The zero-order valence-corrected chi connectivity index (χ0v) is 11.9. The number of rotatable bonds is 2. The molecule has 0 saturated carbocycles. The molecule has 1 atom stereocenters. The highest BCUT2D eigenvalue weighted by molar-refractivity contribution is 5.67. The summed E-state index contributed by atoms with van der Waals surface area (Å²) in [6.07, 6.45) is 15.2. The second-order valence-corrected chi connectivity index (χ2v) is 5.42. The zero-order chi connectivity index (χ0) is 14.9. The average Bonchev–Trinajstić information content (AvgIpc) is 2.99. The Balaban J connectivity index is 1.78. The van der Waals surface area contributed by atoms with Gasteiger partial charge in [-0.1, -0.05) is 24.3 Å². The monoisotopic (exact) mass is 289 g/mol. The molecule has 0 spiro atoms. The van der Waals surface area contributed by atoms with Crippen LogP contribution in [0.4, 0.5) is 0 Å². The number of aromatic amines is 1. The van der Waals surface area contributed by atoms with Crippen LogP contribution in [0.25, 0.3) is 16.8 Å². The van der Waals surface area contributed by atoms with Gasteiger partial charge in [0.2, 0.25) is 5.56 Å². The van der Waals surface area contributed by atoms with Crippen molar-refractivity contribution in [2.24, 2.45) is 0 Å². The molecule has 0 radical (unpaired) electrons. The Morgan fingerprint density at radius 3 is 2.91 bits per heavy atom. The predicted molar refractivity (Wildman–Crippen MR) is 86.9 cm³/mol. The third-order valence-electron chi connectivity index (χ3n) is 4.01. The molecular weight excluding hydrogens is 274 g/mol. The molecule has 1 unspecified atom stereocenters. The van der Waals surface area contributed by atoms with Crippen molar-refractivity contribution in [3.8, 4) is 11.1 Å². The predicted octanol–water partition coefficient (Wildman–Crippen LogP) is 3.29. The Bertz CT molecular complexity index is 946. The van der Waals surface area contributed by atoms with Crippen LogP contribution in [0, 0.1) is 0 Å². The molecule has 3 heterocycles. The second kappa shape index (κ2) is 5.15. The molecule has 4 rings (SSSR count). The Kier molecular flexibility index (Phi) is 3.00. The SMILES string of the molecule is O=c1cc(-c2ccn3c(C4C=CC=CC4)cnc3c2)cc[nH]1. The van der Waals surface area contributed by atoms with Gasteiger partial charge >= 0.3 is 0 Å². The molecule has 0 aromatic carbocycles. The minimum Gasteiger partial charge on any atom is -0.329 e. The summed E-state index contributed by atoms with van der Waals surface area (Å²) in [4.78, 5) is 18.6. The number of aromatic nitrogens is 3. The Hall–Kier alpha value is -2.88. The van der Waals surface area contributed by atoms with E-state index in [1.165, 1.54) is 5.69 Å². The molecule has 4 nitrogen and oxygen atoms in total. The number of allylic oxidation sites excluding steroid dienone is 4. The van der Waals surface area contributed by atoms with E-state index in [0.29, 0.717) is 5.92 Å². The summed E-state index contributed by atoms with van der Waals surface area (Å²) >= 11 is 0. The maximum absolute atomic E-state index is 11.4. The molecule has 0 fully saturated rings. The Morgan fingerprint density at radius 1 is 1.18 bits per heavy atom. The largest absolute Gasteiger partial charge is 0.329 e. The van der Waals surface area contributed by atoms with E-state index in [1.807, 2.05) is 30.6 Å². The van der Waals surface area contributed by atoms with Crippen molar-refractivity contribution in [2.75, 3.05) is 0 Å². The van der Waals surface area contributed by atoms with Crippen LogP contribution < -0.4 is 5.56 Å². The molecule has 108 valence electrons. The van der Waals surface area contributed by atoms with E-state index in [9.17, 15) is 4.79 Å². The van der Waals surface area contributed by atoms with Gasteiger partial charge in [0.15, 0.2) is 0 Å². The van der Waals surface area contributed by atoms with Crippen LogP contribution in [0.2, 0.25) is 0 Å². The fourth-order valence-corrected chi connectivity index (χ4v) is 2.88. The first-order valence-electron chi connectivity index (χ1n) is 7.31. The number of fused-ring (bicyclic) bond motifs is 1. The highest BCUT2D eigenvalue weighted by Crippen LogP contribution is 2.27. The molecule has 22 heavy (non-hydrogen) atoms. The van der Waals surface area contributed by atoms with Crippen molar-refractivity contribution in [3.05, 3.63) is 83.2 Å². The van der Waals surface area contributed by atoms with E-state index >= 15 is 0 Å². The normalized spacial score (nSPS) is 17.2. The molecule has 3 aromatic rings. The van der Waals surface area contributed by atoms with Gasteiger partial charge in [-0.15, -0.1) is 0 Å². The zero-order valence-electron chi connectivity index (χ0n) is 11.9. The van der Waals surface area contributed by atoms with Crippen LogP contribution in [0.1, 0.15) is 18.0 Å². The van der Waals surface area contributed by atoms with Crippen molar-refractivity contribution < 1.29 is 0 Å². The fourth-order valence-electron chi connectivity index (χ4n) is 2.88. The summed E-state index contributed by atoms with van der Waals surface area (Å²) in [5, 5.41) is 0. The molecule has 4 heteroatoms. The van der Waals surface area contributed by atoms with Crippen molar-refractivity contribution in [3.63, 3.8) is 0 Å². The van der Waals surface area contributed by atoms with E-state index in [2.05, 4.69) is 38.7 Å². The lowest BCUT2D eigenvalue weighted by molar-refractivity contribution is 0.803. The smallest absolute Gasteiger partial charge is 0.248 e. The summed E-state index contributed by atoms with van der Waals surface area (Å²) in [6, 6.07) is 7.53.